The Morgan fingerprint density at radius 2 is 1.65 bits per heavy atom. The van der Waals surface area contributed by atoms with E-state index in [2.05, 4.69) is 69.3 Å². The van der Waals surface area contributed by atoms with E-state index in [1.165, 1.54) is 16.1 Å². The highest BCUT2D eigenvalue weighted by Crippen LogP contribution is 2.24. The van der Waals surface area contributed by atoms with Crippen molar-refractivity contribution < 1.29 is 4.43 Å². The molecule has 2 rings (SSSR count). The van der Waals surface area contributed by atoms with Gasteiger partial charge in [0, 0.05) is 17.7 Å². The van der Waals surface area contributed by atoms with Gasteiger partial charge in [-0.2, -0.15) is 0 Å². The predicted octanol–water partition coefficient (Wildman–Crippen LogP) is 3.86. The van der Waals surface area contributed by atoms with Gasteiger partial charge in [-0.05, 0) is 38.2 Å². The molecular formula is C16H25NOSi2. The number of benzene rings is 1. The summed E-state index contributed by atoms with van der Waals surface area (Å²) >= 11 is 0. The molecule has 0 aliphatic heterocycles. The van der Waals surface area contributed by atoms with Gasteiger partial charge in [0.15, 0.2) is 7.83 Å². The van der Waals surface area contributed by atoms with Gasteiger partial charge in [-0.25, -0.2) is 0 Å². The minimum atomic E-state index is -1.75. The van der Waals surface area contributed by atoms with Crippen LogP contribution in [0.5, 0.6) is 0 Å². The number of hydrogen-bond acceptors (Lipinski definition) is 2. The fourth-order valence-electron chi connectivity index (χ4n) is 2.67. The Bertz CT molecular complexity index is 603. The largest absolute Gasteiger partial charge is 0.417 e. The fraction of sp³-hybridized carbons (Fsp3) is 0.438. The molecule has 2 nitrogen and oxygen atoms in total. The van der Waals surface area contributed by atoms with E-state index in [-0.39, 0.29) is 0 Å². The summed E-state index contributed by atoms with van der Waals surface area (Å²) in [6.07, 6.45) is 2.19. The topological polar surface area (TPSA) is 22.1 Å². The zero-order valence-electron chi connectivity index (χ0n) is 13.4. The summed E-state index contributed by atoms with van der Waals surface area (Å²) in [7, 11) is -3.43. The van der Waals surface area contributed by atoms with E-state index in [9.17, 15) is 0 Å². The van der Waals surface area contributed by atoms with Crippen molar-refractivity contribution in [1.29, 1.82) is 0 Å². The maximum absolute atomic E-state index is 6.38. The van der Waals surface area contributed by atoms with Crippen LogP contribution in [0.3, 0.4) is 0 Å². The average molecular weight is 304 g/mol. The molecule has 0 saturated heterocycles. The van der Waals surface area contributed by atoms with Gasteiger partial charge in [-0.3, -0.25) is 4.98 Å². The van der Waals surface area contributed by atoms with Gasteiger partial charge in [-0.1, -0.05) is 37.4 Å². The Labute approximate surface area is 124 Å². The van der Waals surface area contributed by atoms with Crippen molar-refractivity contribution in [2.75, 3.05) is 0 Å². The fourth-order valence-corrected chi connectivity index (χ4v) is 10.2. The summed E-state index contributed by atoms with van der Waals surface area (Å²) in [6.45, 7) is 13.9. The third kappa shape index (κ3) is 2.73. The van der Waals surface area contributed by atoms with Gasteiger partial charge in [0.2, 0.25) is 0 Å². The van der Waals surface area contributed by atoms with Crippen LogP contribution < -0.4 is 5.19 Å². The molecule has 0 spiro atoms. The molecular weight excluding hydrogens is 278 g/mol. The van der Waals surface area contributed by atoms with Gasteiger partial charge in [-0.15, -0.1) is 0 Å². The summed E-state index contributed by atoms with van der Waals surface area (Å²) in [4.78, 5) is 4.64. The average Bonchev–Trinajstić information content (AvgIpc) is 2.36. The highest BCUT2D eigenvalue weighted by Gasteiger charge is 2.45. The molecule has 2 aromatic rings. The predicted molar refractivity (Wildman–Crippen MR) is 92.6 cm³/mol. The quantitative estimate of drug-likeness (QED) is 0.800. The Hall–Kier alpha value is -0.976. The highest BCUT2D eigenvalue weighted by molar-refractivity contribution is 7.43. The van der Waals surface area contributed by atoms with Crippen molar-refractivity contribution in [2.45, 2.75) is 46.1 Å². The molecule has 0 fully saturated rings. The molecule has 4 heteroatoms. The van der Waals surface area contributed by atoms with E-state index < -0.39 is 15.4 Å². The first-order chi connectivity index (χ1) is 9.25. The number of rotatable bonds is 4. The van der Waals surface area contributed by atoms with E-state index >= 15 is 0 Å². The molecule has 0 bridgehead atoms. The van der Waals surface area contributed by atoms with Crippen LogP contribution in [0.1, 0.15) is 13.8 Å². The summed E-state index contributed by atoms with van der Waals surface area (Å²) in [6, 6.07) is 10.7. The van der Waals surface area contributed by atoms with E-state index in [0.29, 0.717) is 6.10 Å². The zero-order valence-corrected chi connectivity index (χ0v) is 15.4. The summed E-state index contributed by atoms with van der Waals surface area (Å²) < 4.78 is 6.38. The van der Waals surface area contributed by atoms with Crippen LogP contribution >= 0.6 is 0 Å². The van der Waals surface area contributed by atoms with E-state index in [4.69, 9.17) is 4.43 Å². The first-order valence-electron chi connectivity index (χ1n) is 7.28. The van der Waals surface area contributed by atoms with Crippen molar-refractivity contribution in [3.8, 4) is 0 Å². The van der Waals surface area contributed by atoms with Crippen molar-refractivity contribution >= 4 is 31.5 Å². The van der Waals surface area contributed by atoms with Gasteiger partial charge < -0.3 is 4.43 Å². The number of hydrogen-bond donors (Lipinski definition) is 0. The van der Waals surface area contributed by atoms with Gasteiger partial charge in [0.05, 0.1) is 5.52 Å². The minimum absolute atomic E-state index is 0.298. The summed E-state index contributed by atoms with van der Waals surface area (Å²) in [5, 5.41) is 2.67. The normalized spacial score (nSPS) is 13.2. The van der Waals surface area contributed by atoms with Crippen molar-refractivity contribution in [2.24, 2.45) is 0 Å². The molecule has 1 aromatic heterocycles. The van der Waals surface area contributed by atoms with Gasteiger partial charge >= 0.3 is 0 Å². The standard InChI is InChI=1S/C16H25NOSi2/c1-13(2)18-20(5,6)19(3,4)15-11-7-9-14-10-8-12-17-16(14)15/h7-13H,1-6H3. The second-order valence-corrected chi connectivity index (χ2v) is 21.1. The molecule has 0 aliphatic carbocycles. The lowest BCUT2D eigenvalue weighted by molar-refractivity contribution is 0.241. The zero-order chi connectivity index (χ0) is 15.0. The molecule has 0 unspecified atom stereocenters. The SMILES string of the molecule is CC(C)O[Si](C)(C)[Si](C)(C)c1cccc2cccnc12. The molecule has 108 valence electrons. The monoisotopic (exact) mass is 303 g/mol. The molecule has 20 heavy (non-hydrogen) atoms. The highest BCUT2D eigenvalue weighted by atomic mass is 29.3. The molecule has 0 radical (unpaired) electrons. The van der Waals surface area contributed by atoms with Crippen LogP contribution in [0.15, 0.2) is 36.5 Å². The van der Waals surface area contributed by atoms with E-state index in [1.54, 1.807) is 0 Å². The van der Waals surface area contributed by atoms with Gasteiger partial charge in [0.25, 0.3) is 0 Å². The third-order valence-corrected chi connectivity index (χ3v) is 20.4. The lowest BCUT2D eigenvalue weighted by Crippen LogP contribution is -2.65. The lowest BCUT2D eigenvalue weighted by Gasteiger charge is -2.39. The number of pyridine rings is 1. The summed E-state index contributed by atoms with van der Waals surface area (Å²) in [5.74, 6) is 0. The van der Waals surface area contributed by atoms with Crippen LogP contribution in [0.25, 0.3) is 10.9 Å². The second-order valence-electron chi connectivity index (χ2n) is 6.68. The molecule has 1 heterocycles. The molecule has 0 N–H and O–H groups in total. The van der Waals surface area contributed by atoms with Crippen LogP contribution in [0.2, 0.25) is 26.2 Å². The van der Waals surface area contributed by atoms with Crippen molar-refractivity contribution in [3.63, 3.8) is 0 Å². The Balaban J connectivity index is 2.57. The number of para-hydroxylation sites is 1. The lowest BCUT2D eigenvalue weighted by atomic mass is 10.2. The maximum atomic E-state index is 6.38. The Morgan fingerprint density at radius 3 is 2.30 bits per heavy atom. The first-order valence-corrected chi connectivity index (χ1v) is 14.2. The van der Waals surface area contributed by atoms with Crippen molar-refractivity contribution in [1.82, 2.24) is 4.98 Å². The Morgan fingerprint density at radius 1 is 1.00 bits per heavy atom. The second kappa shape index (κ2) is 5.43. The number of fused-ring (bicyclic) bond motifs is 1. The summed E-state index contributed by atoms with van der Waals surface area (Å²) in [5.41, 5.74) is 1.17. The molecule has 1 aromatic carbocycles. The number of nitrogens with zero attached hydrogens (tertiary/aromatic N) is 1. The first kappa shape index (κ1) is 15.4. The molecule has 0 aliphatic rings. The van der Waals surface area contributed by atoms with E-state index in [0.717, 1.165) is 0 Å². The van der Waals surface area contributed by atoms with Crippen LogP contribution in [-0.4, -0.2) is 26.5 Å². The van der Waals surface area contributed by atoms with Crippen LogP contribution in [0.4, 0.5) is 0 Å². The maximum Gasteiger partial charge on any atom is 0.179 e. The smallest absolute Gasteiger partial charge is 0.179 e. The van der Waals surface area contributed by atoms with Crippen LogP contribution in [0, 0.1) is 0 Å². The van der Waals surface area contributed by atoms with E-state index in [1.807, 2.05) is 12.3 Å². The third-order valence-electron chi connectivity index (χ3n) is 4.34. The molecule has 0 atom stereocenters. The Kier molecular flexibility index (Phi) is 4.18. The molecule has 0 saturated carbocycles. The molecule has 0 amide bonds. The van der Waals surface area contributed by atoms with Crippen LogP contribution in [-0.2, 0) is 4.43 Å². The van der Waals surface area contributed by atoms with Crippen molar-refractivity contribution in [3.05, 3.63) is 36.5 Å². The minimum Gasteiger partial charge on any atom is -0.417 e. The number of aromatic nitrogens is 1. The van der Waals surface area contributed by atoms with Gasteiger partial charge in [0.1, 0.15) is 7.59 Å².